The lowest BCUT2D eigenvalue weighted by atomic mass is 10.0. The summed E-state index contributed by atoms with van der Waals surface area (Å²) in [5, 5.41) is 6.45. The van der Waals surface area contributed by atoms with Crippen LogP contribution in [0, 0.1) is 5.82 Å². The Kier molecular flexibility index (Phi) is 10.3. The highest BCUT2D eigenvalue weighted by Crippen LogP contribution is 2.16. The molecule has 1 aliphatic rings. The third-order valence-electron chi connectivity index (χ3n) is 4.81. The van der Waals surface area contributed by atoms with Gasteiger partial charge in [-0.15, -0.1) is 24.0 Å². The van der Waals surface area contributed by atoms with Crippen molar-refractivity contribution in [2.24, 2.45) is 4.99 Å². The van der Waals surface area contributed by atoms with Crippen molar-refractivity contribution in [2.75, 3.05) is 46.2 Å². The summed E-state index contributed by atoms with van der Waals surface area (Å²) in [4.78, 5) is 6.59. The molecule has 1 aromatic rings. The minimum atomic E-state index is -3.21. The molecule has 1 aliphatic heterocycles. The second kappa shape index (κ2) is 11.4. The maximum Gasteiger partial charge on any atom is 0.191 e. The summed E-state index contributed by atoms with van der Waals surface area (Å²) in [6, 6.07) is 4.16. The van der Waals surface area contributed by atoms with E-state index < -0.39 is 15.7 Å². The van der Waals surface area contributed by atoms with Gasteiger partial charge in [0.1, 0.15) is 5.82 Å². The van der Waals surface area contributed by atoms with E-state index in [1.54, 1.807) is 7.05 Å². The van der Waals surface area contributed by atoms with Crippen molar-refractivity contribution in [3.8, 4) is 0 Å². The van der Waals surface area contributed by atoms with E-state index in [-0.39, 0.29) is 41.8 Å². The van der Waals surface area contributed by atoms with Crippen molar-refractivity contribution >= 4 is 39.8 Å². The molecule has 10 heteroatoms. The van der Waals surface area contributed by atoms with Crippen molar-refractivity contribution in [2.45, 2.75) is 31.7 Å². The summed E-state index contributed by atoms with van der Waals surface area (Å²) in [5.41, 5.74) is 1.10. The zero-order valence-corrected chi connectivity index (χ0v) is 20.6. The lowest BCUT2D eigenvalue weighted by Crippen LogP contribution is -2.56. The van der Waals surface area contributed by atoms with Gasteiger partial charge in [0.25, 0.3) is 0 Å². The molecule has 1 fully saturated rings. The minimum absolute atomic E-state index is 0. The summed E-state index contributed by atoms with van der Waals surface area (Å²) in [5.74, 6) is 0.0572. The first-order valence-electron chi connectivity index (χ1n) is 9.33. The molecule has 0 aliphatic carbocycles. The Morgan fingerprint density at radius 1 is 1.24 bits per heavy atom. The van der Waals surface area contributed by atoms with Crippen molar-refractivity contribution in [3.63, 3.8) is 0 Å². The second-order valence-corrected chi connectivity index (χ2v) is 9.81. The molecule has 2 rings (SSSR count). The number of ether oxygens (including phenoxy) is 1. The van der Waals surface area contributed by atoms with E-state index in [0.717, 1.165) is 26.3 Å². The molecule has 166 valence electrons. The zero-order chi connectivity index (χ0) is 20.8. The Labute approximate surface area is 190 Å². The highest BCUT2D eigenvalue weighted by Gasteiger charge is 2.28. The summed E-state index contributed by atoms with van der Waals surface area (Å²) >= 11 is 0. The average Bonchev–Trinajstić information content (AvgIpc) is 2.63. The van der Waals surface area contributed by atoms with Crippen LogP contribution in [0.25, 0.3) is 0 Å². The molecule has 29 heavy (non-hydrogen) atoms. The first-order chi connectivity index (χ1) is 13.1. The van der Waals surface area contributed by atoms with Crippen molar-refractivity contribution in [3.05, 3.63) is 35.1 Å². The van der Waals surface area contributed by atoms with Crippen molar-refractivity contribution < 1.29 is 17.5 Å². The molecule has 0 unspecified atom stereocenters. The number of halogens is 2. The van der Waals surface area contributed by atoms with Crippen LogP contribution in [0.5, 0.6) is 0 Å². The van der Waals surface area contributed by atoms with Gasteiger partial charge in [-0.05, 0) is 37.1 Å². The lowest BCUT2D eigenvalue weighted by Gasteiger charge is -2.41. The van der Waals surface area contributed by atoms with Gasteiger partial charge in [-0.2, -0.15) is 0 Å². The molecule has 1 saturated heterocycles. The van der Waals surface area contributed by atoms with Crippen molar-refractivity contribution in [1.82, 2.24) is 15.5 Å². The van der Waals surface area contributed by atoms with Gasteiger partial charge in [-0.25, -0.2) is 12.8 Å². The molecule has 0 radical (unpaired) electrons. The van der Waals surface area contributed by atoms with Gasteiger partial charge < -0.3 is 15.4 Å². The molecule has 0 atom stereocenters. The SMILES string of the molecule is CN=C(NCc1cc(F)ccc1CS(C)(=O)=O)NCC(C)(C)N1CCOCC1.I. The van der Waals surface area contributed by atoms with Gasteiger partial charge in [-0.1, -0.05) is 6.07 Å². The Morgan fingerprint density at radius 2 is 1.90 bits per heavy atom. The monoisotopic (exact) mass is 542 g/mol. The fraction of sp³-hybridized carbons (Fsp3) is 0.632. The molecular formula is C19H32FIN4O3S. The predicted octanol–water partition coefficient (Wildman–Crippen LogP) is 1.76. The van der Waals surface area contributed by atoms with Crippen LogP contribution in [-0.4, -0.2) is 71.0 Å². The molecule has 7 nitrogen and oxygen atoms in total. The van der Waals surface area contributed by atoms with E-state index in [2.05, 4.69) is 34.4 Å². The highest BCUT2D eigenvalue weighted by molar-refractivity contribution is 14.0. The van der Waals surface area contributed by atoms with Crippen LogP contribution in [-0.2, 0) is 26.9 Å². The molecule has 2 N–H and O–H groups in total. The number of nitrogens with zero attached hydrogens (tertiary/aromatic N) is 2. The van der Waals surface area contributed by atoms with E-state index in [0.29, 0.717) is 23.6 Å². The van der Waals surface area contributed by atoms with Crippen LogP contribution in [0.2, 0.25) is 0 Å². The number of guanidine groups is 1. The topological polar surface area (TPSA) is 83.0 Å². The fourth-order valence-corrected chi connectivity index (χ4v) is 4.01. The van der Waals surface area contributed by atoms with Crippen LogP contribution in [0.4, 0.5) is 4.39 Å². The number of benzene rings is 1. The number of morpholine rings is 1. The molecule has 1 heterocycles. The summed E-state index contributed by atoms with van der Waals surface area (Å²) in [6.07, 6.45) is 1.17. The number of rotatable bonds is 7. The maximum atomic E-state index is 13.7. The van der Waals surface area contributed by atoms with E-state index >= 15 is 0 Å². The molecular weight excluding hydrogens is 510 g/mol. The first kappa shape index (κ1) is 26.1. The Hall–Kier alpha value is -0.980. The van der Waals surface area contributed by atoms with Crippen LogP contribution in [0.15, 0.2) is 23.2 Å². The third-order valence-corrected chi connectivity index (χ3v) is 5.65. The minimum Gasteiger partial charge on any atom is -0.379 e. The van der Waals surface area contributed by atoms with E-state index in [4.69, 9.17) is 4.74 Å². The van der Waals surface area contributed by atoms with Gasteiger partial charge in [0, 0.05) is 45.0 Å². The smallest absolute Gasteiger partial charge is 0.191 e. The van der Waals surface area contributed by atoms with E-state index in [1.165, 1.54) is 24.5 Å². The predicted molar refractivity (Wildman–Crippen MR) is 125 cm³/mol. The van der Waals surface area contributed by atoms with Crippen LogP contribution >= 0.6 is 24.0 Å². The largest absolute Gasteiger partial charge is 0.379 e. The molecule has 0 bridgehead atoms. The second-order valence-electron chi connectivity index (χ2n) is 7.67. The summed E-state index contributed by atoms with van der Waals surface area (Å²) in [6.45, 7) is 8.52. The molecule has 1 aromatic carbocycles. The van der Waals surface area contributed by atoms with Gasteiger partial charge >= 0.3 is 0 Å². The average molecular weight is 542 g/mol. The van der Waals surface area contributed by atoms with Gasteiger partial charge in [0.2, 0.25) is 0 Å². The Bertz CT molecular complexity index is 797. The number of nitrogens with one attached hydrogen (secondary N) is 2. The number of aliphatic imine (C=N–C) groups is 1. The number of sulfone groups is 1. The Morgan fingerprint density at radius 3 is 2.48 bits per heavy atom. The zero-order valence-electron chi connectivity index (χ0n) is 17.5. The fourth-order valence-electron chi connectivity index (χ4n) is 3.16. The quantitative estimate of drug-likeness (QED) is 0.311. The molecule has 0 amide bonds. The molecule has 0 spiro atoms. The van der Waals surface area contributed by atoms with E-state index in [1.807, 2.05) is 0 Å². The van der Waals surface area contributed by atoms with Crippen LogP contribution < -0.4 is 10.6 Å². The number of hydrogen-bond acceptors (Lipinski definition) is 5. The Balaban J connectivity index is 0.00000420. The van der Waals surface area contributed by atoms with Crippen LogP contribution in [0.3, 0.4) is 0 Å². The summed E-state index contributed by atoms with van der Waals surface area (Å²) < 4.78 is 42.3. The highest BCUT2D eigenvalue weighted by atomic mass is 127. The van der Waals surface area contributed by atoms with Crippen molar-refractivity contribution in [1.29, 1.82) is 0 Å². The lowest BCUT2D eigenvalue weighted by molar-refractivity contribution is -0.00834. The first-order valence-corrected chi connectivity index (χ1v) is 11.4. The number of hydrogen-bond donors (Lipinski definition) is 2. The standard InChI is InChI=1S/C19H31FN4O3S.HI/c1-19(2,24-7-9-27-10-8-24)14-23-18(21-3)22-12-16-11-17(20)6-5-15(16)13-28(4,25)26;/h5-6,11H,7-10,12-14H2,1-4H3,(H2,21,22,23);1H. The molecule has 0 aromatic heterocycles. The molecule has 0 saturated carbocycles. The van der Waals surface area contributed by atoms with Gasteiger partial charge in [-0.3, -0.25) is 9.89 Å². The van der Waals surface area contributed by atoms with Crippen LogP contribution in [0.1, 0.15) is 25.0 Å². The third kappa shape index (κ3) is 8.73. The van der Waals surface area contributed by atoms with Gasteiger partial charge in [0.05, 0.1) is 19.0 Å². The van der Waals surface area contributed by atoms with E-state index in [9.17, 15) is 12.8 Å². The normalized spacial score (nSPS) is 16.2. The maximum absolute atomic E-state index is 13.7. The van der Waals surface area contributed by atoms with Gasteiger partial charge in [0.15, 0.2) is 15.8 Å². The summed E-state index contributed by atoms with van der Waals surface area (Å²) in [7, 11) is -1.54.